The quantitative estimate of drug-likeness (QED) is 0.253. The van der Waals surface area contributed by atoms with Crippen LogP contribution >= 0.6 is 22.7 Å². The van der Waals surface area contributed by atoms with Crippen LogP contribution in [0.2, 0.25) is 0 Å². The molecule has 1 N–H and O–H groups in total. The van der Waals surface area contributed by atoms with E-state index in [-0.39, 0.29) is 0 Å². The van der Waals surface area contributed by atoms with Gasteiger partial charge in [-0.25, -0.2) is 0 Å². The monoisotopic (exact) mass is 455 g/mol. The highest BCUT2D eigenvalue weighted by molar-refractivity contribution is 7.26. The number of thiophene rings is 2. The number of fused-ring (bicyclic) bond motifs is 9. The summed E-state index contributed by atoms with van der Waals surface area (Å²) in [4.78, 5) is 3.62. The standard InChI is InChI=1S/C30H17NS2/c1-3-10-25-19(6-1)22-16-29-24(15-26(22)31-25)23-14-17(12-13-28(23)32-29)18-8-5-9-21-20-7-2-4-11-27(20)33-30(18)21/h1-16,31H. The van der Waals surface area contributed by atoms with Gasteiger partial charge in [-0.1, -0.05) is 60.7 Å². The number of hydrogen-bond acceptors (Lipinski definition) is 2. The fourth-order valence-electron chi connectivity index (χ4n) is 5.26. The topological polar surface area (TPSA) is 15.8 Å². The molecule has 0 aliphatic rings. The Morgan fingerprint density at radius 3 is 2.21 bits per heavy atom. The van der Waals surface area contributed by atoms with E-state index in [1.54, 1.807) is 0 Å². The number of rotatable bonds is 1. The summed E-state index contributed by atoms with van der Waals surface area (Å²) in [6.45, 7) is 0. The molecule has 0 radical (unpaired) electrons. The van der Waals surface area contributed by atoms with Gasteiger partial charge in [0.25, 0.3) is 0 Å². The Morgan fingerprint density at radius 1 is 0.455 bits per heavy atom. The lowest BCUT2D eigenvalue weighted by atomic mass is 10.0. The number of benzene rings is 5. The van der Waals surface area contributed by atoms with Crippen LogP contribution in [-0.4, -0.2) is 4.98 Å². The predicted octanol–water partition coefficient (Wildman–Crippen LogP) is 9.72. The number of aromatic nitrogens is 1. The Hall–Kier alpha value is -3.66. The fourth-order valence-corrected chi connectivity index (χ4v) is 7.61. The van der Waals surface area contributed by atoms with Crippen molar-refractivity contribution in [3.63, 3.8) is 0 Å². The largest absolute Gasteiger partial charge is 0.354 e. The molecule has 3 aromatic heterocycles. The molecular formula is C30H17NS2. The molecule has 8 rings (SSSR count). The third kappa shape index (κ3) is 2.46. The van der Waals surface area contributed by atoms with Gasteiger partial charge in [-0.3, -0.25) is 0 Å². The first-order valence-corrected chi connectivity index (χ1v) is 12.7. The van der Waals surface area contributed by atoms with Crippen molar-refractivity contribution in [1.82, 2.24) is 4.98 Å². The predicted molar refractivity (Wildman–Crippen MR) is 147 cm³/mol. The normalized spacial score (nSPS) is 12.2. The Labute approximate surface area is 197 Å². The number of H-pyrrole nitrogens is 1. The van der Waals surface area contributed by atoms with Crippen LogP contribution in [0.15, 0.2) is 97.1 Å². The van der Waals surface area contributed by atoms with Gasteiger partial charge >= 0.3 is 0 Å². The van der Waals surface area contributed by atoms with Crippen LogP contribution in [-0.2, 0) is 0 Å². The van der Waals surface area contributed by atoms with Gasteiger partial charge in [0.2, 0.25) is 0 Å². The Balaban J connectivity index is 1.41. The molecule has 0 aliphatic heterocycles. The van der Waals surface area contributed by atoms with E-state index in [1.807, 2.05) is 22.7 Å². The molecule has 5 aromatic carbocycles. The summed E-state index contributed by atoms with van der Waals surface area (Å²) >= 11 is 3.78. The third-order valence-corrected chi connectivity index (χ3v) is 9.16. The van der Waals surface area contributed by atoms with Crippen molar-refractivity contribution < 1.29 is 0 Å². The molecular weight excluding hydrogens is 438 g/mol. The molecule has 3 heteroatoms. The van der Waals surface area contributed by atoms with Crippen LogP contribution < -0.4 is 0 Å². The van der Waals surface area contributed by atoms with E-state index in [0.29, 0.717) is 0 Å². The van der Waals surface area contributed by atoms with Gasteiger partial charge < -0.3 is 4.98 Å². The van der Waals surface area contributed by atoms with E-state index in [4.69, 9.17) is 0 Å². The van der Waals surface area contributed by atoms with Crippen LogP contribution in [0.25, 0.3) is 73.3 Å². The summed E-state index contributed by atoms with van der Waals surface area (Å²) in [6.07, 6.45) is 0. The van der Waals surface area contributed by atoms with E-state index >= 15 is 0 Å². The van der Waals surface area contributed by atoms with E-state index in [9.17, 15) is 0 Å². The minimum absolute atomic E-state index is 1.20. The zero-order valence-corrected chi connectivity index (χ0v) is 19.2. The lowest BCUT2D eigenvalue weighted by Gasteiger charge is -2.04. The lowest BCUT2D eigenvalue weighted by Crippen LogP contribution is -1.78. The van der Waals surface area contributed by atoms with Gasteiger partial charge in [-0.05, 0) is 47.5 Å². The highest BCUT2D eigenvalue weighted by Crippen LogP contribution is 2.43. The van der Waals surface area contributed by atoms with Gasteiger partial charge in [-0.15, -0.1) is 22.7 Å². The molecule has 8 aromatic rings. The van der Waals surface area contributed by atoms with E-state index in [2.05, 4.69) is 102 Å². The van der Waals surface area contributed by atoms with Gasteiger partial charge in [0.1, 0.15) is 0 Å². The number of hydrogen-bond donors (Lipinski definition) is 1. The number of aromatic amines is 1. The Kier molecular flexibility index (Phi) is 3.48. The molecule has 0 aliphatic carbocycles. The van der Waals surface area contributed by atoms with Gasteiger partial charge in [-0.2, -0.15) is 0 Å². The summed E-state index contributed by atoms with van der Waals surface area (Å²) < 4.78 is 5.41. The molecule has 1 nitrogen and oxygen atoms in total. The summed E-state index contributed by atoms with van der Waals surface area (Å²) in [5.74, 6) is 0. The zero-order chi connectivity index (χ0) is 21.5. The van der Waals surface area contributed by atoms with Crippen molar-refractivity contribution in [3.8, 4) is 11.1 Å². The maximum atomic E-state index is 3.62. The maximum absolute atomic E-state index is 3.62. The maximum Gasteiger partial charge on any atom is 0.0472 e. The van der Waals surface area contributed by atoms with Crippen molar-refractivity contribution in [3.05, 3.63) is 97.1 Å². The highest BCUT2D eigenvalue weighted by atomic mass is 32.1. The highest BCUT2D eigenvalue weighted by Gasteiger charge is 2.14. The molecule has 0 saturated heterocycles. The van der Waals surface area contributed by atoms with E-state index in [0.717, 1.165) is 0 Å². The second kappa shape index (κ2) is 6.44. The smallest absolute Gasteiger partial charge is 0.0472 e. The molecule has 0 bridgehead atoms. The van der Waals surface area contributed by atoms with Crippen LogP contribution in [0.1, 0.15) is 0 Å². The van der Waals surface area contributed by atoms with Gasteiger partial charge in [0.15, 0.2) is 0 Å². The zero-order valence-electron chi connectivity index (χ0n) is 17.6. The van der Waals surface area contributed by atoms with Crippen LogP contribution in [0.4, 0.5) is 0 Å². The van der Waals surface area contributed by atoms with Crippen molar-refractivity contribution in [1.29, 1.82) is 0 Å². The second-order valence-electron chi connectivity index (χ2n) is 8.66. The van der Waals surface area contributed by atoms with E-state index < -0.39 is 0 Å². The number of para-hydroxylation sites is 1. The minimum Gasteiger partial charge on any atom is -0.354 e. The Bertz CT molecular complexity index is 2030. The lowest BCUT2D eigenvalue weighted by molar-refractivity contribution is 1.56. The molecule has 0 saturated carbocycles. The second-order valence-corrected chi connectivity index (χ2v) is 10.8. The number of nitrogens with one attached hydrogen (secondary N) is 1. The first kappa shape index (κ1) is 17.8. The molecule has 3 heterocycles. The van der Waals surface area contributed by atoms with E-state index in [1.165, 1.54) is 73.3 Å². The average molecular weight is 456 g/mol. The summed E-state index contributed by atoms with van der Waals surface area (Å²) in [7, 11) is 0. The SMILES string of the molecule is c1ccc2c(c1)[nH]c1cc3c(cc12)sc1ccc(-c2cccc4c2sc2ccccc24)cc13. The molecule has 0 fully saturated rings. The first-order valence-electron chi connectivity index (χ1n) is 11.1. The van der Waals surface area contributed by atoms with Crippen LogP contribution in [0.3, 0.4) is 0 Å². The molecule has 154 valence electrons. The molecule has 33 heavy (non-hydrogen) atoms. The summed E-state index contributed by atoms with van der Waals surface area (Å²) in [5.41, 5.74) is 5.02. The molecule has 0 amide bonds. The fraction of sp³-hybridized carbons (Fsp3) is 0. The van der Waals surface area contributed by atoms with Crippen LogP contribution in [0.5, 0.6) is 0 Å². The molecule has 0 spiro atoms. The summed E-state index contributed by atoms with van der Waals surface area (Å²) in [6, 6.07) is 35.7. The van der Waals surface area contributed by atoms with Crippen molar-refractivity contribution in [2.45, 2.75) is 0 Å². The average Bonchev–Trinajstić information content (AvgIpc) is 3.52. The van der Waals surface area contributed by atoms with Crippen molar-refractivity contribution in [2.75, 3.05) is 0 Å². The molecule has 0 atom stereocenters. The third-order valence-electron chi connectivity index (χ3n) is 6.81. The summed E-state index contributed by atoms with van der Waals surface area (Å²) in [5, 5.41) is 7.97. The van der Waals surface area contributed by atoms with Crippen molar-refractivity contribution >= 4 is 84.8 Å². The Morgan fingerprint density at radius 2 is 1.24 bits per heavy atom. The van der Waals surface area contributed by atoms with Gasteiger partial charge in [0.05, 0.1) is 0 Å². The van der Waals surface area contributed by atoms with Gasteiger partial charge in [0, 0.05) is 62.2 Å². The van der Waals surface area contributed by atoms with Crippen molar-refractivity contribution in [2.24, 2.45) is 0 Å². The first-order chi connectivity index (χ1) is 16.3. The minimum atomic E-state index is 1.20. The molecule has 0 unspecified atom stereocenters. The van der Waals surface area contributed by atoms with Crippen LogP contribution in [0, 0.1) is 0 Å².